The standard InChI is InChI=1S/CH2ClF3N2/c2-7(6)1(3,4)5/h6H2. The molecule has 0 aromatic carbocycles. The molecular weight excluding hydrogens is 132 g/mol. The van der Waals surface area contributed by atoms with Crippen molar-refractivity contribution in [3.63, 3.8) is 0 Å². The minimum absolute atomic E-state index is 0.840. The quantitative estimate of drug-likeness (QED) is 0.230. The van der Waals surface area contributed by atoms with E-state index in [1.54, 1.807) is 0 Å². The summed E-state index contributed by atoms with van der Waals surface area (Å²) in [4.78, 5) is 0. The second-order valence-electron chi connectivity index (χ2n) is 0.779. The van der Waals surface area contributed by atoms with Gasteiger partial charge in [0.15, 0.2) is 0 Å². The summed E-state index contributed by atoms with van der Waals surface area (Å²) in [5, 5.41) is 0. The molecule has 0 saturated heterocycles. The normalized spacial score (nSPS) is 12.9. The van der Waals surface area contributed by atoms with Gasteiger partial charge in [0.1, 0.15) is 0 Å². The van der Waals surface area contributed by atoms with Crippen LogP contribution < -0.4 is 5.84 Å². The van der Waals surface area contributed by atoms with Crippen molar-refractivity contribution >= 4 is 11.8 Å². The third kappa shape index (κ3) is 2.67. The number of halogens is 4. The Balaban J connectivity index is 3.54. The molecule has 0 aliphatic rings. The molecule has 0 heterocycles. The van der Waals surface area contributed by atoms with Crippen LogP contribution in [0.15, 0.2) is 0 Å². The van der Waals surface area contributed by atoms with Gasteiger partial charge in [-0.05, 0) is 0 Å². The number of hydrogen-bond donors (Lipinski definition) is 1. The maximum Gasteiger partial charge on any atom is 0.487 e. The van der Waals surface area contributed by atoms with Crippen LogP contribution in [0, 0.1) is 0 Å². The first kappa shape index (κ1) is 7.00. The highest BCUT2D eigenvalue weighted by Crippen LogP contribution is 2.18. The molecule has 0 spiro atoms. The van der Waals surface area contributed by atoms with Crippen LogP contribution in [-0.2, 0) is 0 Å². The molecule has 0 rings (SSSR count). The van der Waals surface area contributed by atoms with E-state index in [-0.39, 0.29) is 0 Å². The van der Waals surface area contributed by atoms with Crippen LogP contribution in [-0.4, -0.2) is 10.8 Å². The number of nitrogens with two attached hydrogens (primary N) is 1. The molecule has 0 aliphatic heterocycles. The second-order valence-corrected chi connectivity index (χ2v) is 1.14. The van der Waals surface area contributed by atoms with E-state index in [0.29, 0.717) is 0 Å². The average Bonchev–Trinajstić information content (AvgIpc) is 1.31. The summed E-state index contributed by atoms with van der Waals surface area (Å²) < 4.78 is 31.7. The molecule has 44 valence electrons. The summed E-state index contributed by atoms with van der Waals surface area (Å²) >= 11 is 4.24. The highest BCUT2D eigenvalue weighted by Gasteiger charge is 2.33. The third-order valence-electron chi connectivity index (χ3n) is 0.242. The van der Waals surface area contributed by atoms with E-state index >= 15 is 0 Å². The molecule has 2 nitrogen and oxygen atoms in total. The van der Waals surface area contributed by atoms with Crippen molar-refractivity contribution < 1.29 is 13.2 Å². The molecule has 0 atom stereocenters. The van der Waals surface area contributed by atoms with E-state index in [1.807, 2.05) is 0 Å². The largest absolute Gasteiger partial charge is 0.487 e. The van der Waals surface area contributed by atoms with Crippen molar-refractivity contribution in [1.29, 1.82) is 0 Å². The monoisotopic (exact) mass is 134 g/mol. The van der Waals surface area contributed by atoms with Crippen molar-refractivity contribution in [3.8, 4) is 0 Å². The SMILES string of the molecule is NN(Cl)C(F)(F)F. The highest BCUT2D eigenvalue weighted by molar-refractivity contribution is 6.13. The van der Waals surface area contributed by atoms with Gasteiger partial charge in [0, 0.05) is 11.8 Å². The first-order chi connectivity index (χ1) is 2.94. The summed E-state index contributed by atoms with van der Waals surface area (Å²) in [6.45, 7) is 0. The smallest absolute Gasteiger partial charge is 0.247 e. The molecule has 0 amide bonds. The molecule has 7 heavy (non-hydrogen) atoms. The zero-order valence-corrected chi connectivity index (χ0v) is 3.79. The molecule has 0 aromatic rings. The van der Waals surface area contributed by atoms with Gasteiger partial charge in [-0.1, -0.05) is 4.53 Å². The number of hydrogen-bond acceptors (Lipinski definition) is 2. The molecule has 0 saturated carbocycles. The number of alkyl halides is 3. The summed E-state index contributed by atoms with van der Waals surface area (Å²) in [6.07, 6.45) is -4.62. The first-order valence-electron chi connectivity index (χ1n) is 1.22. The Bertz CT molecular complexity index is 58.4. The van der Waals surface area contributed by atoms with Gasteiger partial charge in [0.05, 0.1) is 0 Å². The molecule has 0 fully saturated rings. The third-order valence-corrected chi connectivity index (χ3v) is 0.434. The van der Waals surface area contributed by atoms with E-state index in [1.165, 1.54) is 0 Å². The predicted molar refractivity (Wildman–Crippen MR) is 17.9 cm³/mol. The fourth-order valence-corrected chi connectivity index (χ4v) is 0. The van der Waals surface area contributed by atoms with Crippen molar-refractivity contribution in [1.82, 2.24) is 4.53 Å². The summed E-state index contributed by atoms with van der Waals surface area (Å²) in [6, 6.07) is 0. The average molecular weight is 134 g/mol. The Kier molecular flexibility index (Phi) is 1.85. The lowest BCUT2D eigenvalue weighted by Crippen LogP contribution is -2.35. The van der Waals surface area contributed by atoms with Crippen LogP contribution in [0.2, 0.25) is 0 Å². The van der Waals surface area contributed by atoms with E-state index < -0.39 is 10.8 Å². The second kappa shape index (κ2) is 1.85. The molecule has 0 bridgehead atoms. The molecule has 0 unspecified atom stereocenters. The fourth-order valence-electron chi connectivity index (χ4n) is 0. The fraction of sp³-hybridized carbons (Fsp3) is 1.00. The van der Waals surface area contributed by atoms with Crippen molar-refractivity contribution in [3.05, 3.63) is 0 Å². The van der Waals surface area contributed by atoms with Crippen LogP contribution in [0.5, 0.6) is 0 Å². The van der Waals surface area contributed by atoms with Crippen LogP contribution in [0.1, 0.15) is 0 Å². The minimum Gasteiger partial charge on any atom is -0.247 e. The Morgan fingerprint density at radius 3 is 1.57 bits per heavy atom. The Hall–Kier alpha value is -0.0000000000000000555. The van der Waals surface area contributed by atoms with E-state index in [2.05, 4.69) is 17.6 Å². The van der Waals surface area contributed by atoms with Crippen molar-refractivity contribution in [2.45, 2.75) is 6.30 Å². The number of nitrogens with zero attached hydrogens (tertiary/aromatic N) is 1. The molecule has 0 radical (unpaired) electrons. The summed E-state index contributed by atoms with van der Waals surface area (Å²) in [5.41, 5.74) is 0. The minimum atomic E-state index is -4.62. The van der Waals surface area contributed by atoms with Gasteiger partial charge >= 0.3 is 6.30 Å². The van der Waals surface area contributed by atoms with Crippen LogP contribution >= 0.6 is 11.8 Å². The molecular formula is CH2ClF3N2. The maximum atomic E-state index is 10.8. The van der Waals surface area contributed by atoms with Gasteiger partial charge in [-0.3, -0.25) is 0 Å². The summed E-state index contributed by atoms with van der Waals surface area (Å²) in [5.74, 6) is 4.04. The highest BCUT2D eigenvalue weighted by atomic mass is 35.5. The predicted octanol–water partition coefficient (Wildman–Crippen LogP) is 0.836. The molecule has 0 aliphatic carbocycles. The van der Waals surface area contributed by atoms with Crippen LogP contribution in [0.4, 0.5) is 13.2 Å². The van der Waals surface area contributed by atoms with Gasteiger partial charge in [-0.25, -0.2) is 5.84 Å². The van der Waals surface area contributed by atoms with E-state index in [9.17, 15) is 13.2 Å². The Morgan fingerprint density at radius 2 is 1.57 bits per heavy atom. The van der Waals surface area contributed by atoms with Crippen molar-refractivity contribution in [2.24, 2.45) is 5.84 Å². The lowest BCUT2D eigenvalue weighted by molar-refractivity contribution is -0.212. The maximum absolute atomic E-state index is 10.8. The van der Waals surface area contributed by atoms with Crippen LogP contribution in [0.3, 0.4) is 0 Å². The summed E-state index contributed by atoms with van der Waals surface area (Å²) in [7, 11) is 0. The van der Waals surface area contributed by atoms with Crippen LogP contribution in [0.25, 0.3) is 0 Å². The number of hydrazine groups is 1. The van der Waals surface area contributed by atoms with Gasteiger partial charge in [-0.15, -0.1) is 0 Å². The Labute approximate surface area is 42.7 Å². The zero-order valence-electron chi connectivity index (χ0n) is 3.04. The van der Waals surface area contributed by atoms with Gasteiger partial charge in [-0.2, -0.15) is 13.2 Å². The molecule has 2 N–H and O–H groups in total. The van der Waals surface area contributed by atoms with Crippen molar-refractivity contribution in [2.75, 3.05) is 0 Å². The van der Waals surface area contributed by atoms with E-state index in [0.717, 1.165) is 0 Å². The Morgan fingerprint density at radius 1 is 1.43 bits per heavy atom. The zero-order chi connectivity index (χ0) is 6.08. The van der Waals surface area contributed by atoms with Gasteiger partial charge in [0.2, 0.25) is 0 Å². The topological polar surface area (TPSA) is 29.3 Å². The first-order valence-corrected chi connectivity index (χ1v) is 1.56. The van der Waals surface area contributed by atoms with E-state index in [4.69, 9.17) is 0 Å². The van der Waals surface area contributed by atoms with Gasteiger partial charge in [0.25, 0.3) is 0 Å². The lowest BCUT2D eigenvalue weighted by Gasteiger charge is -2.08. The molecule has 0 aromatic heterocycles. The lowest BCUT2D eigenvalue weighted by atomic mass is 11.2. The van der Waals surface area contributed by atoms with Gasteiger partial charge < -0.3 is 0 Å². The number of rotatable bonds is 0. The molecule has 6 heteroatoms.